The summed E-state index contributed by atoms with van der Waals surface area (Å²) in [5.41, 5.74) is 1.70. The highest BCUT2D eigenvalue weighted by atomic mass is 16.5. The van der Waals surface area contributed by atoms with Crippen molar-refractivity contribution in [3.05, 3.63) is 83.6 Å². The van der Waals surface area contributed by atoms with Gasteiger partial charge in [-0.3, -0.25) is 4.79 Å². The van der Waals surface area contributed by atoms with Crippen LogP contribution in [0.25, 0.3) is 12.2 Å². The number of rotatable bonds is 7. The first-order valence-corrected chi connectivity index (χ1v) is 7.69. The van der Waals surface area contributed by atoms with E-state index in [1.54, 1.807) is 26.4 Å². The quantitative estimate of drug-likeness (QED) is 0.461. The van der Waals surface area contributed by atoms with Crippen molar-refractivity contribution in [3.63, 3.8) is 0 Å². The van der Waals surface area contributed by atoms with Crippen LogP contribution in [0, 0.1) is 0 Å². The van der Waals surface area contributed by atoms with Gasteiger partial charge in [-0.25, -0.2) is 0 Å². The molecule has 0 aliphatic carbocycles. The highest BCUT2D eigenvalue weighted by Crippen LogP contribution is 2.15. The molecule has 1 N–H and O–H groups in total. The van der Waals surface area contributed by atoms with Crippen LogP contribution in [0.4, 0.5) is 0 Å². The summed E-state index contributed by atoms with van der Waals surface area (Å²) >= 11 is 0. The molecule has 0 aliphatic rings. The lowest BCUT2D eigenvalue weighted by Gasteiger charge is -2.00. The molecule has 0 atom stereocenters. The third-order valence-corrected chi connectivity index (χ3v) is 3.36. The van der Waals surface area contributed by atoms with Crippen LogP contribution in [-0.4, -0.2) is 25.1 Å². The summed E-state index contributed by atoms with van der Waals surface area (Å²) in [5.74, 6) is 1.01. The van der Waals surface area contributed by atoms with E-state index in [9.17, 15) is 9.90 Å². The summed E-state index contributed by atoms with van der Waals surface area (Å²) in [6.45, 7) is 0. The molecule has 0 spiro atoms. The number of hydrogen-bond acceptors (Lipinski definition) is 4. The molecule has 0 fully saturated rings. The Bertz CT molecular complexity index is 816. The molecule has 25 heavy (non-hydrogen) atoms. The highest BCUT2D eigenvalue weighted by Gasteiger charge is 1.97. The number of aliphatic hydroxyl groups excluding tert-OH is 1. The van der Waals surface area contributed by atoms with Gasteiger partial charge in [-0.05, 0) is 47.5 Å². The molecule has 0 radical (unpaired) electrons. The first-order valence-electron chi connectivity index (χ1n) is 7.69. The van der Waals surface area contributed by atoms with Crippen molar-refractivity contribution < 1.29 is 19.4 Å². The monoisotopic (exact) mass is 336 g/mol. The van der Waals surface area contributed by atoms with Crippen LogP contribution in [0.2, 0.25) is 0 Å². The molecule has 0 heterocycles. The minimum absolute atomic E-state index is 0.122. The minimum Gasteiger partial charge on any atom is -0.508 e. The maximum atomic E-state index is 11.9. The Morgan fingerprint density at radius 2 is 1.40 bits per heavy atom. The van der Waals surface area contributed by atoms with Crippen LogP contribution in [-0.2, 0) is 4.79 Å². The number of carbonyl (C=O) groups is 1. The zero-order chi connectivity index (χ0) is 18.1. The normalized spacial score (nSPS) is 11.8. The van der Waals surface area contributed by atoms with Gasteiger partial charge in [0, 0.05) is 6.08 Å². The molecular weight excluding hydrogens is 316 g/mol. The topological polar surface area (TPSA) is 55.8 Å². The number of aliphatic hydroxyl groups is 1. The average Bonchev–Trinajstić information content (AvgIpc) is 2.65. The van der Waals surface area contributed by atoms with Gasteiger partial charge in [0.05, 0.1) is 14.2 Å². The van der Waals surface area contributed by atoms with Crippen molar-refractivity contribution in [3.8, 4) is 11.5 Å². The molecule has 0 bridgehead atoms. The molecular formula is C21H20O4. The Kier molecular flexibility index (Phi) is 6.60. The summed E-state index contributed by atoms with van der Waals surface area (Å²) in [5, 5.41) is 9.86. The number of ketones is 1. The zero-order valence-corrected chi connectivity index (χ0v) is 14.2. The molecule has 0 aliphatic heterocycles. The van der Waals surface area contributed by atoms with Crippen LogP contribution >= 0.6 is 0 Å². The fourth-order valence-corrected chi connectivity index (χ4v) is 2.09. The average molecular weight is 336 g/mol. The minimum atomic E-state index is -0.310. The van der Waals surface area contributed by atoms with Gasteiger partial charge >= 0.3 is 0 Å². The molecule has 128 valence electrons. The molecule has 2 aromatic carbocycles. The van der Waals surface area contributed by atoms with Gasteiger partial charge in [0.15, 0.2) is 5.78 Å². The lowest BCUT2D eigenvalue weighted by atomic mass is 10.1. The van der Waals surface area contributed by atoms with Crippen molar-refractivity contribution in [1.82, 2.24) is 0 Å². The zero-order valence-electron chi connectivity index (χ0n) is 14.2. The van der Waals surface area contributed by atoms with Crippen LogP contribution < -0.4 is 9.47 Å². The van der Waals surface area contributed by atoms with Crippen LogP contribution in [0.3, 0.4) is 0 Å². The van der Waals surface area contributed by atoms with E-state index in [1.807, 2.05) is 48.5 Å². The summed E-state index contributed by atoms with van der Waals surface area (Å²) in [6.07, 6.45) is 7.39. The van der Waals surface area contributed by atoms with Crippen molar-refractivity contribution in [2.24, 2.45) is 0 Å². The third kappa shape index (κ3) is 6.03. The lowest BCUT2D eigenvalue weighted by Crippen LogP contribution is -1.89. The van der Waals surface area contributed by atoms with Crippen molar-refractivity contribution in [1.29, 1.82) is 0 Å². The molecule has 0 amide bonds. The Hall–Kier alpha value is -3.27. The Morgan fingerprint density at radius 3 is 1.92 bits per heavy atom. The second-order valence-corrected chi connectivity index (χ2v) is 5.19. The number of benzene rings is 2. The number of hydrogen-bond donors (Lipinski definition) is 1. The predicted octanol–water partition coefficient (Wildman–Crippen LogP) is 4.44. The first kappa shape index (κ1) is 18.1. The van der Waals surface area contributed by atoms with E-state index in [1.165, 1.54) is 12.2 Å². The van der Waals surface area contributed by atoms with E-state index in [4.69, 9.17) is 9.47 Å². The largest absolute Gasteiger partial charge is 0.508 e. The Morgan fingerprint density at radius 1 is 0.880 bits per heavy atom. The first-order chi connectivity index (χ1) is 12.1. The second kappa shape index (κ2) is 9.13. The fraction of sp³-hybridized carbons (Fsp3) is 0.0952. The SMILES string of the molecule is COc1cccc(/C=C/C(=O)C=C(O)/C=C/c2cccc(OC)c2)c1. The van der Waals surface area contributed by atoms with E-state index >= 15 is 0 Å². The smallest absolute Gasteiger partial charge is 0.182 e. The Balaban J connectivity index is 2.01. The van der Waals surface area contributed by atoms with Gasteiger partial charge in [0.1, 0.15) is 17.3 Å². The molecule has 2 aromatic rings. The van der Waals surface area contributed by atoms with E-state index in [0.29, 0.717) is 5.75 Å². The second-order valence-electron chi connectivity index (χ2n) is 5.19. The molecule has 4 nitrogen and oxygen atoms in total. The summed E-state index contributed by atoms with van der Waals surface area (Å²) in [4.78, 5) is 11.9. The number of methoxy groups -OCH3 is 2. The van der Waals surface area contributed by atoms with Crippen LogP contribution in [0.15, 0.2) is 72.5 Å². The number of carbonyl (C=O) groups excluding carboxylic acids is 1. The maximum absolute atomic E-state index is 11.9. The summed E-state index contributed by atoms with van der Waals surface area (Å²) < 4.78 is 10.3. The summed E-state index contributed by atoms with van der Waals surface area (Å²) in [7, 11) is 3.18. The number of allylic oxidation sites excluding steroid dienone is 3. The van der Waals surface area contributed by atoms with Crippen LogP contribution in [0.5, 0.6) is 11.5 Å². The van der Waals surface area contributed by atoms with E-state index in [0.717, 1.165) is 23.0 Å². The fourth-order valence-electron chi connectivity index (χ4n) is 2.09. The number of ether oxygens (including phenoxy) is 2. The van der Waals surface area contributed by atoms with Gasteiger partial charge in [-0.1, -0.05) is 36.4 Å². The van der Waals surface area contributed by atoms with Gasteiger partial charge in [0.2, 0.25) is 0 Å². The predicted molar refractivity (Wildman–Crippen MR) is 99.8 cm³/mol. The van der Waals surface area contributed by atoms with E-state index < -0.39 is 0 Å². The van der Waals surface area contributed by atoms with Crippen LogP contribution in [0.1, 0.15) is 11.1 Å². The van der Waals surface area contributed by atoms with E-state index in [2.05, 4.69) is 0 Å². The third-order valence-electron chi connectivity index (χ3n) is 3.36. The molecule has 4 heteroatoms. The maximum Gasteiger partial charge on any atom is 0.182 e. The van der Waals surface area contributed by atoms with Gasteiger partial charge in [0.25, 0.3) is 0 Å². The molecule has 2 rings (SSSR count). The summed E-state index contributed by atoms with van der Waals surface area (Å²) in [6, 6.07) is 14.7. The molecule has 0 saturated carbocycles. The van der Waals surface area contributed by atoms with Gasteiger partial charge < -0.3 is 14.6 Å². The molecule has 0 saturated heterocycles. The van der Waals surface area contributed by atoms with Crippen molar-refractivity contribution in [2.75, 3.05) is 14.2 Å². The van der Waals surface area contributed by atoms with E-state index in [-0.39, 0.29) is 11.5 Å². The van der Waals surface area contributed by atoms with Crippen molar-refractivity contribution >= 4 is 17.9 Å². The van der Waals surface area contributed by atoms with Gasteiger partial charge in [-0.2, -0.15) is 0 Å². The molecule has 0 aromatic heterocycles. The highest BCUT2D eigenvalue weighted by molar-refractivity contribution is 6.02. The van der Waals surface area contributed by atoms with Crippen molar-refractivity contribution in [2.45, 2.75) is 0 Å². The van der Waals surface area contributed by atoms with Gasteiger partial charge in [-0.15, -0.1) is 0 Å². The standard InChI is InChI=1S/C21H20O4/c1-24-20-7-3-5-16(13-20)9-11-18(22)15-19(23)12-10-17-6-4-8-21(14-17)25-2/h3-15,22H,1-2H3/b11-9+,12-10+,18-15?. The molecule has 0 unspecified atom stereocenters. The lowest BCUT2D eigenvalue weighted by molar-refractivity contribution is -0.110. The Labute approximate surface area is 147 Å².